The summed E-state index contributed by atoms with van der Waals surface area (Å²) in [4.78, 5) is 0. The van der Waals surface area contributed by atoms with Gasteiger partial charge in [0.25, 0.3) is 0 Å². The molecule has 3 heteroatoms. The third-order valence-corrected chi connectivity index (χ3v) is 4.51. The molecule has 17 heavy (non-hydrogen) atoms. The van der Waals surface area contributed by atoms with E-state index in [4.69, 9.17) is 15.2 Å². The van der Waals surface area contributed by atoms with E-state index in [2.05, 4.69) is 20.8 Å². The first-order valence-corrected chi connectivity index (χ1v) is 6.91. The minimum absolute atomic E-state index is 0.0258. The molecule has 100 valence electrons. The van der Waals surface area contributed by atoms with Gasteiger partial charge < -0.3 is 15.2 Å². The van der Waals surface area contributed by atoms with Crippen molar-refractivity contribution in [3.05, 3.63) is 0 Å². The second-order valence-electron chi connectivity index (χ2n) is 6.69. The van der Waals surface area contributed by atoms with E-state index in [9.17, 15) is 0 Å². The van der Waals surface area contributed by atoms with E-state index in [-0.39, 0.29) is 11.6 Å². The van der Waals surface area contributed by atoms with Crippen LogP contribution in [0.15, 0.2) is 0 Å². The number of ether oxygens (including phenoxy) is 2. The molecule has 2 heterocycles. The Morgan fingerprint density at radius 2 is 2.18 bits per heavy atom. The fourth-order valence-electron chi connectivity index (χ4n) is 3.55. The number of rotatable bonds is 3. The van der Waals surface area contributed by atoms with Crippen LogP contribution < -0.4 is 5.73 Å². The van der Waals surface area contributed by atoms with Crippen molar-refractivity contribution < 1.29 is 9.47 Å². The molecule has 0 radical (unpaired) electrons. The second-order valence-corrected chi connectivity index (χ2v) is 6.69. The van der Waals surface area contributed by atoms with E-state index in [1.165, 1.54) is 6.42 Å². The van der Waals surface area contributed by atoms with Crippen molar-refractivity contribution in [1.82, 2.24) is 0 Å². The Balaban J connectivity index is 2.01. The van der Waals surface area contributed by atoms with Gasteiger partial charge in [-0.25, -0.2) is 0 Å². The van der Waals surface area contributed by atoms with Gasteiger partial charge in [-0.2, -0.15) is 0 Å². The van der Waals surface area contributed by atoms with Crippen molar-refractivity contribution in [1.29, 1.82) is 0 Å². The minimum Gasteiger partial charge on any atom is -0.378 e. The van der Waals surface area contributed by atoms with Gasteiger partial charge in [0, 0.05) is 25.7 Å². The fraction of sp³-hybridized carbons (Fsp3) is 1.00. The Morgan fingerprint density at radius 1 is 1.41 bits per heavy atom. The maximum Gasteiger partial charge on any atom is 0.0939 e. The van der Waals surface area contributed by atoms with Gasteiger partial charge in [-0.3, -0.25) is 0 Å². The first-order chi connectivity index (χ1) is 7.94. The molecule has 2 saturated heterocycles. The summed E-state index contributed by atoms with van der Waals surface area (Å²) >= 11 is 0. The highest BCUT2D eigenvalue weighted by atomic mass is 16.6. The van der Waals surface area contributed by atoms with Gasteiger partial charge >= 0.3 is 0 Å². The summed E-state index contributed by atoms with van der Waals surface area (Å²) < 4.78 is 11.5. The number of hydrogen-bond acceptors (Lipinski definition) is 3. The lowest BCUT2D eigenvalue weighted by atomic mass is 9.67. The largest absolute Gasteiger partial charge is 0.378 e. The molecule has 0 aliphatic carbocycles. The van der Waals surface area contributed by atoms with Crippen molar-refractivity contribution in [3.63, 3.8) is 0 Å². The van der Waals surface area contributed by atoms with Crippen LogP contribution in [0.25, 0.3) is 0 Å². The molecule has 1 spiro atoms. The quantitative estimate of drug-likeness (QED) is 0.825. The highest BCUT2D eigenvalue weighted by Crippen LogP contribution is 2.45. The summed E-state index contributed by atoms with van der Waals surface area (Å²) in [5, 5.41) is 0. The highest BCUT2D eigenvalue weighted by Gasteiger charge is 2.45. The van der Waals surface area contributed by atoms with Gasteiger partial charge in [-0.15, -0.1) is 0 Å². The molecule has 2 aliphatic heterocycles. The Kier molecular flexibility index (Phi) is 3.81. The molecule has 3 atom stereocenters. The van der Waals surface area contributed by atoms with Crippen LogP contribution in [0.3, 0.4) is 0 Å². The Bertz CT molecular complexity index is 257. The number of hydrogen-bond donors (Lipinski definition) is 1. The molecule has 2 N–H and O–H groups in total. The topological polar surface area (TPSA) is 44.5 Å². The van der Waals surface area contributed by atoms with E-state index >= 15 is 0 Å². The summed E-state index contributed by atoms with van der Waals surface area (Å²) in [7, 11) is 0. The van der Waals surface area contributed by atoms with E-state index in [1.54, 1.807) is 0 Å². The average Bonchev–Trinajstić information content (AvgIpc) is 2.64. The van der Waals surface area contributed by atoms with Crippen LogP contribution in [0.1, 0.15) is 46.5 Å². The van der Waals surface area contributed by atoms with Gasteiger partial charge in [0.15, 0.2) is 0 Å². The normalized spacial score (nSPS) is 36.4. The van der Waals surface area contributed by atoms with Crippen LogP contribution in [0, 0.1) is 11.3 Å². The molecule has 0 aromatic heterocycles. The van der Waals surface area contributed by atoms with E-state index in [0.717, 1.165) is 39.1 Å². The second kappa shape index (κ2) is 4.87. The molecular formula is C14H27NO2. The molecule has 0 bridgehead atoms. The van der Waals surface area contributed by atoms with E-state index in [1.807, 2.05) is 0 Å². The van der Waals surface area contributed by atoms with Crippen LogP contribution >= 0.6 is 0 Å². The minimum atomic E-state index is 0.0258. The molecule has 2 aliphatic rings. The summed E-state index contributed by atoms with van der Waals surface area (Å²) in [6.07, 6.45) is 4.47. The fourth-order valence-corrected chi connectivity index (χ4v) is 3.55. The van der Waals surface area contributed by atoms with Crippen molar-refractivity contribution in [3.8, 4) is 0 Å². The van der Waals surface area contributed by atoms with E-state index < -0.39 is 0 Å². The molecule has 3 unspecified atom stereocenters. The smallest absolute Gasteiger partial charge is 0.0939 e. The molecule has 0 amide bonds. The van der Waals surface area contributed by atoms with Crippen LogP contribution in [-0.2, 0) is 9.47 Å². The number of nitrogens with two attached hydrogens (primary N) is 1. The molecule has 3 nitrogen and oxygen atoms in total. The zero-order valence-electron chi connectivity index (χ0n) is 11.5. The third-order valence-electron chi connectivity index (χ3n) is 4.51. The van der Waals surface area contributed by atoms with Gasteiger partial charge in [0.05, 0.1) is 12.2 Å². The first kappa shape index (κ1) is 13.3. The maximum atomic E-state index is 6.00. The van der Waals surface area contributed by atoms with Gasteiger partial charge in [-0.05, 0) is 37.5 Å². The van der Waals surface area contributed by atoms with Gasteiger partial charge in [0.2, 0.25) is 0 Å². The predicted octanol–water partition coefficient (Wildman–Crippen LogP) is 2.34. The summed E-state index contributed by atoms with van der Waals surface area (Å²) in [6, 6.07) is 0.281. The summed E-state index contributed by atoms with van der Waals surface area (Å²) in [5.74, 6) is 0.712. The van der Waals surface area contributed by atoms with Gasteiger partial charge in [0.1, 0.15) is 0 Å². The van der Waals surface area contributed by atoms with Crippen LogP contribution in [0.5, 0.6) is 0 Å². The zero-order chi connectivity index (χ0) is 12.5. The average molecular weight is 241 g/mol. The van der Waals surface area contributed by atoms with Crippen molar-refractivity contribution >= 4 is 0 Å². The summed E-state index contributed by atoms with van der Waals surface area (Å²) in [6.45, 7) is 9.36. The lowest BCUT2D eigenvalue weighted by molar-refractivity contribution is -0.117. The Labute approximate surface area is 105 Å². The van der Waals surface area contributed by atoms with Crippen molar-refractivity contribution in [2.75, 3.05) is 19.8 Å². The van der Waals surface area contributed by atoms with Crippen molar-refractivity contribution in [2.45, 2.75) is 58.1 Å². The monoisotopic (exact) mass is 241 g/mol. The molecule has 0 aromatic rings. The SMILES string of the molecule is CC(N)CC(C)(C)C1CCOC2(CCOC2)C1. The van der Waals surface area contributed by atoms with Crippen LogP contribution in [-0.4, -0.2) is 31.5 Å². The molecular weight excluding hydrogens is 214 g/mol. The third kappa shape index (κ3) is 3.01. The first-order valence-electron chi connectivity index (χ1n) is 6.91. The standard InChI is InChI=1S/C14H27NO2/c1-11(15)8-13(2,3)12-4-6-17-14(9-12)5-7-16-10-14/h11-12H,4-10,15H2,1-3H3. The lowest BCUT2D eigenvalue weighted by Crippen LogP contribution is -2.45. The molecule has 2 rings (SSSR count). The van der Waals surface area contributed by atoms with Crippen LogP contribution in [0.2, 0.25) is 0 Å². The lowest BCUT2D eigenvalue weighted by Gasteiger charge is -2.44. The van der Waals surface area contributed by atoms with Crippen LogP contribution in [0.4, 0.5) is 0 Å². The highest BCUT2D eigenvalue weighted by molar-refractivity contribution is 4.94. The summed E-state index contributed by atoms with van der Waals surface area (Å²) in [5.41, 5.74) is 6.31. The van der Waals surface area contributed by atoms with Gasteiger partial charge in [-0.1, -0.05) is 13.8 Å². The molecule has 2 fully saturated rings. The predicted molar refractivity (Wildman–Crippen MR) is 68.9 cm³/mol. The van der Waals surface area contributed by atoms with Crippen molar-refractivity contribution in [2.24, 2.45) is 17.1 Å². The maximum absolute atomic E-state index is 6.00. The van der Waals surface area contributed by atoms with E-state index in [0.29, 0.717) is 11.3 Å². The molecule has 0 saturated carbocycles. The Morgan fingerprint density at radius 3 is 2.76 bits per heavy atom. The molecule has 0 aromatic carbocycles. The Hall–Kier alpha value is -0.120. The zero-order valence-corrected chi connectivity index (χ0v) is 11.5.